The van der Waals surface area contributed by atoms with Crippen LogP contribution in [0.5, 0.6) is 0 Å². The molecule has 2 amide bonds. The predicted octanol–water partition coefficient (Wildman–Crippen LogP) is 0.291. The smallest absolute Gasteiger partial charge is 0.320 e. The number of aliphatic carboxylic acids is 1. The third kappa shape index (κ3) is 2.18. The fraction of sp³-hybridized carbons (Fsp3) is 0.846. The number of carboxylic acid groups (broad SMARTS) is 1. The Bertz CT molecular complexity index is 395. The maximum atomic E-state index is 12.4. The van der Waals surface area contributed by atoms with Crippen LogP contribution in [-0.2, 0) is 4.79 Å². The Morgan fingerprint density at radius 1 is 1.16 bits per heavy atom. The third-order valence-electron chi connectivity index (χ3n) is 4.68. The molecular formula is C13H21N3O3. The number of hydrogen-bond acceptors (Lipinski definition) is 3. The van der Waals surface area contributed by atoms with E-state index >= 15 is 0 Å². The molecule has 0 bridgehead atoms. The van der Waals surface area contributed by atoms with Gasteiger partial charge < -0.3 is 14.9 Å². The van der Waals surface area contributed by atoms with Crippen molar-refractivity contribution >= 4 is 12.0 Å². The van der Waals surface area contributed by atoms with E-state index in [9.17, 15) is 9.59 Å². The number of rotatable bonds is 1. The first-order valence-corrected chi connectivity index (χ1v) is 7.08. The van der Waals surface area contributed by atoms with Gasteiger partial charge in [0.15, 0.2) is 0 Å². The normalized spacial score (nSPS) is 32.1. The lowest BCUT2D eigenvalue weighted by atomic mass is 10.0. The molecule has 0 aromatic rings. The molecule has 2 atom stereocenters. The zero-order valence-corrected chi connectivity index (χ0v) is 11.3. The van der Waals surface area contributed by atoms with Gasteiger partial charge in [-0.15, -0.1) is 0 Å². The standard InChI is InChI=1S/C13H21N3O3/c1-9-5-14-4-2-3-11(14)8-16(9)13(19)15-6-10(7-15)12(17)18/h9-11H,2-8H2,1H3,(H,17,18). The lowest BCUT2D eigenvalue weighted by molar-refractivity contribution is -0.146. The maximum absolute atomic E-state index is 12.4. The molecule has 3 saturated heterocycles. The zero-order valence-electron chi connectivity index (χ0n) is 11.3. The van der Waals surface area contributed by atoms with E-state index in [0.717, 1.165) is 19.6 Å². The van der Waals surface area contributed by atoms with Crippen LogP contribution in [0.3, 0.4) is 0 Å². The van der Waals surface area contributed by atoms with E-state index in [0.29, 0.717) is 19.1 Å². The Morgan fingerprint density at radius 3 is 2.58 bits per heavy atom. The monoisotopic (exact) mass is 267 g/mol. The Kier molecular flexibility index (Phi) is 3.12. The molecule has 3 aliphatic heterocycles. The second kappa shape index (κ2) is 4.67. The highest BCUT2D eigenvalue weighted by atomic mass is 16.4. The number of carboxylic acids is 1. The summed E-state index contributed by atoms with van der Waals surface area (Å²) >= 11 is 0. The molecule has 19 heavy (non-hydrogen) atoms. The maximum Gasteiger partial charge on any atom is 0.320 e. The first-order valence-electron chi connectivity index (χ1n) is 7.08. The van der Waals surface area contributed by atoms with Gasteiger partial charge in [0.25, 0.3) is 0 Å². The van der Waals surface area contributed by atoms with Gasteiger partial charge in [-0.1, -0.05) is 0 Å². The average molecular weight is 267 g/mol. The van der Waals surface area contributed by atoms with Crippen molar-refractivity contribution in [3.8, 4) is 0 Å². The summed E-state index contributed by atoms with van der Waals surface area (Å²) in [5, 5.41) is 8.86. The number of urea groups is 1. The van der Waals surface area contributed by atoms with E-state index < -0.39 is 5.97 Å². The molecule has 106 valence electrons. The van der Waals surface area contributed by atoms with Crippen LogP contribution >= 0.6 is 0 Å². The molecule has 0 aromatic heterocycles. The summed E-state index contributed by atoms with van der Waals surface area (Å²) in [5.41, 5.74) is 0. The molecule has 3 aliphatic rings. The first kappa shape index (κ1) is 12.7. The SMILES string of the molecule is CC1CN2CCCC2CN1C(=O)N1CC(C(=O)O)C1. The van der Waals surface area contributed by atoms with Crippen molar-refractivity contribution < 1.29 is 14.7 Å². The van der Waals surface area contributed by atoms with Crippen LogP contribution in [0, 0.1) is 5.92 Å². The Hall–Kier alpha value is -1.30. The number of piperazine rings is 1. The molecule has 0 radical (unpaired) electrons. The number of amides is 2. The summed E-state index contributed by atoms with van der Waals surface area (Å²) in [5.74, 6) is -1.16. The molecule has 2 unspecified atom stereocenters. The second-order valence-electron chi connectivity index (χ2n) is 6.02. The predicted molar refractivity (Wildman–Crippen MR) is 68.9 cm³/mol. The number of carbonyl (C=O) groups is 2. The van der Waals surface area contributed by atoms with E-state index in [1.165, 1.54) is 12.8 Å². The quantitative estimate of drug-likeness (QED) is 0.742. The fourth-order valence-corrected chi connectivity index (χ4v) is 3.43. The van der Waals surface area contributed by atoms with E-state index in [4.69, 9.17) is 5.11 Å². The number of nitrogens with zero attached hydrogens (tertiary/aromatic N) is 3. The molecule has 0 aliphatic carbocycles. The fourth-order valence-electron chi connectivity index (χ4n) is 3.43. The average Bonchev–Trinajstić information content (AvgIpc) is 2.71. The summed E-state index contributed by atoms with van der Waals surface area (Å²) in [4.78, 5) is 29.2. The van der Waals surface area contributed by atoms with Crippen molar-refractivity contribution in [3.05, 3.63) is 0 Å². The van der Waals surface area contributed by atoms with Gasteiger partial charge >= 0.3 is 12.0 Å². The zero-order chi connectivity index (χ0) is 13.6. The molecule has 0 saturated carbocycles. The van der Waals surface area contributed by atoms with Gasteiger partial charge in [0.1, 0.15) is 0 Å². The molecule has 0 spiro atoms. The molecule has 6 nitrogen and oxygen atoms in total. The highest BCUT2D eigenvalue weighted by molar-refractivity contribution is 5.80. The number of hydrogen-bond donors (Lipinski definition) is 1. The Labute approximate surface area is 112 Å². The van der Waals surface area contributed by atoms with Crippen LogP contribution in [0.15, 0.2) is 0 Å². The van der Waals surface area contributed by atoms with Gasteiger partial charge in [0.05, 0.1) is 5.92 Å². The number of fused-ring (bicyclic) bond motifs is 1. The van der Waals surface area contributed by atoms with E-state index in [-0.39, 0.29) is 18.0 Å². The van der Waals surface area contributed by atoms with Crippen molar-refractivity contribution in [2.75, 3.05) is 32.7 Å². The van der Waals surface area contributed by atoms with E-state index in [2.05, 4.69) is 11.8 Å². The van der Waals surface area contributed by atoms with Gasteiger partial charge in [0, 0.05) is 38.3 Å². The lowest BCUT2D eigenvalue weighted by Crippen LogP contribution is -2.63. The largest absolute Gasteiger partial charge is 0.481 e. The van der Waals surface area contributed by atoms with Crippen molar-refractivity contribution in [3.63, 3.8) is 0 Å². The minimum atomic E-state index is -0.794. The van der Waals surface area contributed by atoms with E-state index in [1.807, 2.05) is 4.90 Å². The van der Waals surface area contributed by atoms with Crippen molar-refractivity contribution in [2.45, 2.75) is 31.8 Å². The van der Waals surface area contributed by atoms with Crippen LogP contribution in [0.25, 0.3) is 0 Å². The summed E-state index contributed by atoms with van der Waals surface area (Å²) in [6.07, 6.45) is 2.40. The third-order valence-corrected chi connectivity index (χ3v) is 4.68. The van der Waals surface area contributed by atoms with Crippen molar-refractivity contribution in [1.29, 1.82) is 0 Å². The lowest BCUT2D eigenvalue weighted by Gasteiger charge is -2.46. The van der Waals surface area contributed by atoms with Gasteiger partial charge in [0.2, 0.25) is 0 Å². The highest BCUT2D eigenvalue weighted by Crippen LogP contribution is 2.27. The number of carbonyl (C=O) groups excluding carboxylic acids is 1. The first-order chi connectivity index (χ1) is 9.06. The Balaban J connectivity index is 1.59. The second-order valence-corrected chi connectivity index (χ2v) is 6.02. The van der Waals surface area contributed by atoms with Crippen LogP contribution in [0.2, 0.25) is 0 Å². The topological polar surface area (TPSA) is 64.1 Å². The minimum Gasteiger partial charge on any atom is -0.481 e. The van der Waals surface area contributed by atoms with Crippen LogP contribution in [0.4, 0.5) is 4.79 Å². The van der Waals surface area contributed by atoms with Crippen molar-refractivity contribution in [1.82, 2.24) is 14.7 Å². The van der Waals surface area contributed by atoms with Gasteiger partial charge in [-0.3, -0.25) is 9.69 Å². The van der Waals surface area contributed by atoms with Gasteiger partial charge in [-0.25, -0.2) is 4.79 Å². The molecular weight excluding hydrogens is 246 g/mol. The van der Waals surface area contributed by atoms with Gasteiger partial charge in [-0.05, 0) is 26.3 Å². The summed E-state index contributed by atoms with van der Waals surface area (Å²) < 4.78 is 0. The molecule has 3 heterocycles. The molecule has 6 heteroatoms. The molecule has 3 fully saturated rings. The summed E-state index contributed by atoms with van der Waals surface area (Å²) in [6.45, 7) is 5.72. The van der Waals surface area contributed by atoms with E-state index in [1.54, 1.807) is 4.90 Å². The van der Waals surface area contributed by atoms with Crippen molar-refractivity contribution in [2.24, 2.45) is 5.92 Å². The van der Waals surface area contributed by atoms with Crippen LogP contribution < -0.4 is 0 Å². The molecule has 1 N–H and O–H groups in total. The summed E-state index contributed by atoms with van der Waals surface area (Å²) in [7, 11) is 0. The highest BCUT2D eigenvalue weighted by Gasteiger charge is 2.42. The minimum absolute atomic E-state index is 0.0246. The molecule has 0 aromatic carbocycles. The summed E-state index contributed by atoms with van der Waals surface area (Å²) in [6, 6.07) is 0.763. The van der Waals surface area contributed by atoms with Crippen LogP contribution in [0.1, 0.15) is 19.8 Å². The number of likely N-dealkylation sites (tertiary alicyclic amines) is 1. The van der Waals surface area contributed by atoms with Gasteiger partial charge in [-0.2, -0.15) is 0 Å². The molecule has 3 rings (SSSR count). The van der Waals surface area contributed by atoms with Crippen LogP contribution in [-0.4, -0.2) is 76.6 Å². The Morgan fingerprint density at radius 2 is 1.89 bits per heavy atom.